The van der Waals surface area contributed by atoms with Crippen LogP contribution < -0.4 is 0 Å². The molecule has 0 N–H and O–H groups in total. The molecule has 0 aliphatic carbocycles. The highest BCUT2D eigenvalue weighted by Gasteiger charge is 2.46. The maximum atomic E-state index is 13.7. The summed E-state index contributed by atoms with van der Waals surface area (Å²) >= 11 is 0. The Hall–Kier alpha value is -2.52. The molecule has 1 aliphatic heterocycles. The minimum atomic E-state index is -4.39. The van der Waals surface area contributed by atoms with Gasteiger partial charge >= 0.3 is 0 Å². The predicted molar refractivity (Wildman–Crippen MR) is 122 cm³/mol. The van der Waals surface area contributed by atoms with E-state index in [9.17, 15) is 16.8 Å². The van der Waals surface area contributed by atoms with Crippen LogP contribution in [0.5, 0.6) is 0 Å². The van der Waals surface area contributed by atoms with E-state index in [2.05, 4.69) is 0 Å². The van der Waals surface area contributed by atoms with Gasteiger partial charge in [-0.3, -0.25) is 0 Å². The molecule has 1 unspecified atom stereocenters. The van der Waals surface area contributed by atoms with Crippen LogP contribution in [0.1, 0.15) is 24.8 Å². The highest BCUT2D eigenvalue weighted by molar-refractivity contribution is 8.04. The van der Waals surface area contributed by atoms with Crippen LogP contribution in [0.4, 0.5) is 0 Å². The fourth-order valence-corrected chi connectivity index (χ4v) is 7.74. The van der Waals surface area contributed by atoms with Gasteiger partial charge in [0.15, 0.2) is 0 Å². The van der Waals surface area contributed by atoms with E-state index in [4.69, 9.17) is 4.74 Å². The molecule has 3 aromatic rings. The van der Waals surface area contributed by atoms with Crippen molar-refractivity contribution in [2.24, 2.45) is 0 Å². The smallest absolute Gasteiger partial charge is 0.256 e. The standard InChI is InChI=1S/C24H25NO5S2/c26-31(27,22-14-6-2-7-15-22)25(32(28,29)23-16-8-3-9-17-23)20-24(18-10-11-19-30-24)21-12-4-1-5-13-21/h1-9,12-17H,10-11,18-20H2. The lowest BCUT2D eigenvalue weighted by Gasteiger charge is -2.40. The zero-order valence-electron chi connectivity index (χ0n) is 17.5. The zero-order chi connectivity index (χ0) is 22.7. The first-order valence-corrected chi connectivity index (χ1v) is 13.3. The molecule has 1 atom stereocenters. The van der Waals surface area contributed by atoms with E-state index in [-0.39, 0.29) is 16.3 Å². The Morgan fingerprint density at radius 1 is 0.688 bits per heavy atom. The Morgan fingerprint density at radius 2 is 1.16 bits per heavy atom. The van der Waals surface area contributed by atoms with Crippen LogP contribution in [-0.4, -0.2) is 33.7 Å². The van der Waals surface area contributed by atoms with Crippen LogP contribution in [-0.2, 0) is 30.4 Å². The summed E-state index contributed by atoms with van der Waals surface area (Å²) in [6.07, 6.45) is 2.16. The number of sulfonamides is 2. The highest BCUT2D eigenvalue weighted by Crippen LogP contribution is 2.39. The average Bonchev–Trinajstić information content (AvgIpc) is 2.84. The SMILES string of the molecule is O=S(=O)(c1ccccc1)N(CC1(c2ccccc2)CCCCO1)S(=O)(=O)c1ccccc1. The van der Waals surface area contributed by atoms with Crippen LogP contribution in [0.25, 0.3) is 0 Å². The normalized spacial score (nSPS) is 19.7. The third-order valence-corrected chi connectivity index (χ3v) is 9.90. The fourth-order valence-electron chi connectivity index (χ4n) is 3.97. The predicted octanol–water partition coefficient (Wildman–Crippen LogP) is 4.16. The summed E-state index contributed by atoms with van der Waals surface area (Å²) in [5, 5.41) is 0. The Morgan fingerprint density at radius 3 is 1.59 bits per heavy atom. The zero-order valence-corrected chi connectivity index (χ0v) is 19.1. The van der Waals surface area contributed by atoms with Crippen LogP contribution in [0.2, 0.25) is 0 Å². The van der Waals surface area contributed by atoms with E-state index in [0.29, 0.717) is 16.7 Å². The summed E-state index contributed by atoms with van der Waals surface area (Å²) in [5.41, 5.74) is -0.306. The number of rotatable bonds is 7. The van der Waals surface area contributed by atoms with Crippen molar-refractivity contribution in [1.82, 2.24) is 3.71 Å². The lowest BCUT2D eigenvalue weighted by molar-refractivity contribution is -0.0862. The van der Waals surface area contributed by atoms with Crippen LogP contribution in [0.3, 0.4) is 0 Å². The number of nitrogens with zero attached hydrogens (tertiary/aromatic N) is 1. The van der Waals surface area contributed by atoms with Gasteiger partial charge in [-0.15, -0.1) is 0 Å². The molecule has 8 heteroatoms. The monoisotopic (exact) mass is 471 g/mol. The number of benzene rings is 3. The quantitative estimate of drug-likeness (QED) is 0.517. The molecule has 1 aliphatic rings. The van der Waals surface area contributed by atoms with Crippen molar-refractivity contribution in [2.75, 3.05) is 13.2 Å². The molecular formula is C24H25NO5S2. The van der Waals surface area contributed by atoms with E-state index in [1.54, 1.807) is 36.4 Å². The summed E-state index contributed by atoms with van der Waals surface area (Å²) in [6.45, 7) is 0.0883. The van der Waals surface area contributed by atoms with E-state index >= 15 is 0 Å². The molecule has 0 radical (unpaired) electrons. The Kier molecular flexibility index (Phi) is 6.48. The lowest BCUT2D eigenvalue weighted by Crippen LogP contribution is -2.49. The molecule has 1 saturated heterocycles. The summed E-state index contributed by atoms with van der Waals surface area (Å²) in [5.74, 6) is 0. The fraction of sp³-hybridized carbons (Fsp3) is 0.250. The van der Waals surface area contributed by atoms with Gasteiger partial charge in [-0.25, -0.2) is 16.8 Å². The molecule has 4 rings (SSSR count). The Labute approximate surface area is 189 Å². The second-order valence-electron chi connectivity index (χ2n) is 7.73. The van der Waals surface area contributed by atoms with Gasteiger partial charge in [0.05, 0.1) is 16.3 Å². The molecule has 32 heavy (non-hydrogen) atoms. The molecule has 0 amide bonds. The summed E-state index contributed by atoms with van der Waals surface area (Å²) in [6, 6.07) is 24.5. The maximum absolute atomic E-state index is 13.7. The molecule has 0 aromatic heterocycles. The van der Waals surface area contributed by atoms with Crippen molar-refractivity contribution in [3.05, 3.63) is 96.6 Å². The van der Waals surface area contributed by atoms with Crippen molar-refractivity contribution in [3.63, 3.8) is 0 Å². The van der Waals surface area contributed by atoms with E-state index in [1.807, 2.05) is 30.3 Å². The lowest BCUT2D eigenvalue weighted by atomic mass is 9.86. The van der Waals surface area contributed by atoms with Gasteiger partial charge in [0.25, 0.3) is 20.0 Å². The minimum absolute atomic E-state index is 0.0847. The largest absolute Gasteiger partial charge is 0.369 e. The number of hydrogen-bond donors (Lipinski definition) is 0. The molecule has 1 fully saturated rings. The summed E-state index contributed by atoms with van der Waals surface area (Å²) < 4.78 is 61.6. The van der Waals surface area contributed by atoms with Crippen LogP contribution in [0.15, 0.2) is 101 Å². The van der Waals surface area contributed by atoms with Crippen molar-refractivity contribution in [3.8, 4) is 0 Å². The molecule has 168 valence electrons. The molecule has 1 heterocycles. The topological polar surface area (TPSA) is 80.8 Å². The van der Waals surface area contributed by atoms with Crippen LogP contribution >= 0.6 is 0 Å². The van der Waals surface area contributed by atoms with Crippen molar-refractivity contribution < 1.29 is 21.6 Å². The van der Waals surface area contributed by atoms with Crippen molar-refractivity contribution >= 4 is 20.0 Å². The summed E-state index contributed by atoms with van der Waals surface area (Å²) in [7, 11) is -8.77. The van der Waals surface area contributed by atoms with E-state index in [1.165, 1.54) is 24.3 Å². The average molecular weight is 472 g/mol. The van der Waals surface area contributed by atoms with Gasteiger partial charge in [-0.1, -0.05) is 70.4 Å². The first-order valence-electron chi connectivity index (χ1n) is 10.4. The van der Waals surface area contributed by atoms with Gasteiger partial charge in [0, 0.05) is 6.61 Å². The molecule has 0 bridgehead atoms. The molecular weight excluding hydrogens is 446 g/mol. The van der Waals surface area contributed by atoms with E-state index < -0.39 is 25.6 Å². The molecule has 0 spiro atoms. The van der Waals surface area contributed by atoms with Gasteiger partial charge in [0.2, 0.25) is 0 Å². The number of hydrogen-bond acceptors (Lipinski definition) is 5. The number of ether oxygens (including phenoxy) is 1. The van der Waals surface area contributed by atoms with Gasteiger partial charge in [0.1, 0.15) is 5.60 Å². The Bertz CT molecular complexity index is 1170. The van der Waals surface area contributed by atoms with Gasteiger partial charge in [-0.05, 0) is 49.1 Å². The maximum Gasteiger partial charge on any atom is 0.256 e. The molecule has 6 nitrogen and oxygen atoms in total. The third kappa shape index (κ3) is 4.36. The van der Waals surface area contributed by atoms with Crippen molar-refractivity contribution in [1.29, 1.82) is 0 Å². The summed E-state index contributed by atoms with van der Waals surface area (Å²) in [4.78, 5) is -0.169. The molecule has 0 saturated carbocycles. The van der Waals surface area contributed by atoms with Crippen molar-refractivity contribution in [2.45, 2.75) is 34.7 Å². The van der Waals surface area contributed by atoms with Crippen LogP contribution in [0, 0.1) is 0 Å². The van der Waals surface area contributed by atoms with Gasteiger partial charge < -0.3 is 4.74 Å². The first kappa shape index (κ1) is 22.7. The Balaban J connectivity index is 1.88. The second kappa shape index (κ2) is 9.15. The minimum Gasteiger partial charge on any atom is -0.369 e. The third-order valence-electron chi connectivity index (χ3n) is 5.66. The molecule has 3 aromatic carbocycles. The van der Waals surface area contributed by atoms with E-state index in [0.717, 1.165) is 18.4 Å². The first-order chi connectivity index (χ1) is 15.4. The highest BCUT2D eigenvalue weighted by atomic mass is 32.3. The second-order valence-corrected chi connectivity index (χ2v) is 11.7. The van der Waals surface area contributed by atoms with Gasteiger partial charge in [-0.2, -0.15) is 0 Å².